The summed E-state index contributed by atoms with van der Waals surface area (Å²) in [4.78, 5) is 0. The topological polar surface area (TPSA) is 21.3 Å². The maximum absolute atomic E-state index is 5.72. The molecule has 0 unspecified atom stereocenters. The van der Waals surface area contributed by atoms with Gasteiger partial charge in [-0.3, -0.25) is 0 Å². The minimum atomic E-state index is 0.452. The summed E-state index contributed by atoms with van der Waals surface area (Å²) in [6, 6.07) is 6.02. The Morgan fingerprint density at radius 1 is 1.46 bits per heavy atom. The maximum atomic E-state index is 5.72. The second kappa shape index (κ2) is 3.58. The first kappa shape index (κ1) is 8.88. The summed E-state index contributed by atoms with van der Waals surface area (Å²) in [7, 11) is 1.90. The van der Waals surface area contributed by atoms with Gasteiger partial charge < -0.3 is 10.1 Å². The van der Waals surface area contributed by atoms with Crippen molar-refractivity contribution in [3.05, 3.63) is 22.7 Å². The van der Waals surface area contributed by atoms with E-state index in [1.54, 1.807) is 0 Å². The lowest BCUT2D eigenvalue weighted by molar-refractivity contribution is 0.304. The number of hydrogen-bond donors (Lipinski definition) is 1. The van der Waals surface area contributed by atoms with E-state index in [1.165, 1.54) is 12.8 Å². The Labute approximate surface area is 86.4 Å². The van der Waals surface area contributed by atoms with Crippen molar-refractivity contribution < 1.29 is 4.74 Å². The van der Waals surface area contributed by atoms with Crippen LogP contribution in [0.15, 0.2) is 22.7 Å². The number of ether oxygens (including phenoxy) is 1. The molecule has 1 fully saturated rings. The minimum absolute atomic E-state index is 0.452. The summed E-state index contributed by atoms with van der Waals surface area (Å²) >= 11 is 3.42. The van der Waals surface area contributed by atoms with E-state index in [-0.39, 0.29) is 0 Å². The van der Waals surface area contributed by atoms with Crippen LogP contribution in [0.2, 0.25) is 0 Å². The molecule has 0 radical (unpaired) electrons. The second-order valence-corrected chi connectivity index (χ2v) is 4.12. The van der Waals surface area contributed by atoms with Crippen molar-refractivity contribution in [3.8, 4) is 5.75 Å². The summed E-state index contributed by atoms with van der Waals surface area (Å²) < 4.78 is 6.79. The van der Waals surface area contributed by atoms with E-state index >= 15 is 0 Å². The van der Waals surface area contributed by atoms with Gasteiger partial charge in [0.05, 0.1) is 11.8 Å². The molecule has 0 bridgehead atoms. The standard InChI is InChI=1S/C10H12BrNO/c1-12-9-6-7(11)2-5-10(9)13-8-3-4-8/h2,5-6,8,12H,3-4H2,1H3. The first-order chi connectivity index (χ1) is 6.29. The Morgan fingerprint density at radius 3 is 2.85 bits per heavy atom. The van der Waals surface area contributed by atoms with E-state index in [0.29, 0.717) is 6.10 Å². The molecule has 70 valence electrons. The van der Waals surface area contributed by atoms with Crippen LogP contribution in [-0.2, 0) is 0 Å². The molecule has 1 N–H and O–H groups in total. The van der Waals surface area contributed by atoms with Crippen LogP contribution in [0.5, 0.6) is 5.75 Å². The quantitative estimate of drug-likeness (QED) is 0.879. The molecule has 13 heavy (non-hydrogen) atoms. The molecule has 3 heteroatoms. The highest BCUT2D eigenvalue weighted by Crippen LogP contribution is 2.33. The Hall–Kier alpha value is -0.700. The third-order valence-corrected chi connectivity index (χ3v) is 2.52. The number of benzene rings is 1. The van der Waals surface area contributed by atoms with Gasteiger partial charge in [-0.1, -0.05) is 15.9 Å². The summed E-state index contributed by atoms with van der Waals surface area (Å²) in [6.45, 7) is 0. The van der Waals surface area contributed by atoms with Crippen LogP contribution in [0.1, 0.15) is 12.8 Å². The van der Waals surface area contributed by atoms with E-state index in [9.17, 15) is 0 Å². The molecule has 0 saturated heterocycles. The fraction of sp³-hybridized carbons (Fsp3) is 0.400. The molecule has 0 spiro atoms. The zero-order chi connectivity index (χ0) is 9.26. The SMILES string of the molecule is CNc1cc(Br)ccc1OC1CC1. The van der Waals surface area contributed by atoms with E-state index in [1.807, 2.05) is 25.2 Å². The summed E-state index contributed by atoms with van der Waals surface area (Å²) in [6.07, 6.45) is 2.84. The fourth-order valence-corrected chi connectivity index (χ4v) is 1.53. The second-order valence-electron chi connectivity index (χ2n) is 3.21. The Bertz CT molecular complexity index is 310. The van der Waals surface area contributed by atoms with Gasteiger partial charge in [0.1, 0.15) is 5.75 Å². The third kappa shape index (κ3) is 2.15. The molecule has 0 aromatic heterocycles. The lowest BCUT2D eigenvalue weighted by atomic mass is 10.3. The van der Waals surface area contributed by atoms with Crippen LogP contribution in [0.4, 0.5) is 5.69 Å². The molecular weight excluding hydrogens is 230 g/mol. The molecule has 0 atom stereocenters. The summed E-state index contributed by atoms with van der Waals surface area (Å²) in [5, 5.41) is 3.11. The summed E-state index contributed by atoms with van der Waals surface area (Å²) in [5.74, 6) is 0.952. The van der Waals surface area contributed by atoms with Gasteiger partial charge in [-0.25, -0.2) is 0 Å². The van der Waals surface area contributed by atoms with Crippen LogP contribution in [0.25, 0.3) is 0 Å². The van der Waals surface area contributed by atoms with E-state index in [2.05, 4.69) is 21.2 Å². The zero-order valence-electron chi connectivity index (χ0n) is 7.51. The minimum Gasteiger partial charge on any atom is -0.488 e. The fourth-order valence-electron chi connectivity index (χ4n) is 1.17. The maximum Gasteiger partial charge on any atom is 0.142 e. The predicted molar refractivity (Wildman–Crippen MR) is 57.3 cm³/mol. The number of halogens is 1. The van der Waals surface area contributed by atoms with Crippen LogP contribution >= 0.6 is 15.9 Å². The molecule has 2 nitrogen and oxygen atoms in total. The molecule has 0 aliphatic heterocycles. The molecule has 0 amide bonds. The Balaban J connectivity index is 2.21. The number of hydrogen-bond acceptors (Lipinski definition) is 2. The molecule has 2 rings (SSSR count). The van der Waals surface area contributed by atoms with Crippen molar-refractivity contribution in [2.75, 3.05) is 12.4 Å². The smallest absolute Gasteiger partial charge is 0.142 e. The zero-order valence-corrected chi connectivity index (χ0v) is 9.10. The van der Waals surface area contributed by atoms with Gasteiger partial charge >= 0.3 is 0 Å². The largest absolute Gasteiger partial charge is 0.488 e. The van der Waals surface area contributed by atoms with Gasteiger partial charge in [-0.15, -0.1) is 0 Å². The van der Waals surface area contributed by atoms with E-state index in [0.717, 1.165) is 15.9 Å². The number of anilines is 1. The number of nitrogens with one attached hydrogen (secondary N) is 1. The third-order valence-electron chi connectivity index (χ3n) is 2.03. The normalized spacial score (nSPS) is 15.5. The summed E-state index contributed by atoms with van der Waals surface area (Å²) in [5.41, 5.74) is 1.04. The van der Waals surface area contributed by atoms with Gasteiger partial charge in [-0.2, -0.15) is 0 Å². The van der Waals surface area contributed by atoms with Crippen molar-refractivity contribution in [2.24, 2.45) is 0 Å². The lowest BCUT2D eigenvalue weighted by Gasteiger charge is -2.10. The molecule has 1 aromatic carbocycles. The number of rotatable bonds is 3. The van der Waals surface area contributed by atoms with Gasteiger partial charge in [0.15, 0.2) is 0 Å². The molecule has 1 aliphatic rings. The van der Waals surface area contributed by atoms with Gasteiger partial charge in [0, 0.05) is 11.5 Å². The van der Waals surface area contributed by atoms with Crippen molar-refractivity contribution in [3.63, 3.8) is 0 Å². The van der Waals surface area contributed by atoms with Gasteiger partial charge in [0.2, 0.25) is 0 Å². The van der Waals surface area contributed by atoms with Crippen LogP contribution < -0.4 is 10.1 Å². The van der Waals surface area contributed by atoms with Crippen molar-refractivity contribution in [2.45, 2.75) is 18.9 Å². The van der Waals surface area contributed by atoms with Crippen molar-refractivity contribution in [1.82, 2.24) is 0 Å². The molecular formula is C10H12BrNO. The van der Waals surface area contributed by atoms with Gasteiger partial charge in [-0.05, 0) is 31.0 Å². The monoisotopic (exact) mass is 241 g/mol. The molecule has 1 aromatic rings. The van der Waals surface area contributed by atoms with E-state index < -0.39 is 0 Å². The average molecular weight is 242 g/mol. The van der Waals surface area contributed by atoms with Crippen molar-refractivity contribution >= 4 is 21.6 Å². The average Bonchev–Trinajstić information content (AvgIpc) is 2.92. The van der Waals surface area contributed by atoms with Crippen molar-refractivity contribution in [1.29, 1.82) is 0 Å². The molecule has 1 aliphatic carbocycles. The highest BCUT2D eigenvalue weighted by atomic mass is 79.9. The Morgan fingerprint density at radius 2 is 2.23 bits per heavy atom. The highest BCUT2D eigenvalue weighted by molar-refractivity contribution is 9.10. The first-order valence-corrected chi connectivity index (χ1v) is 5.23. The van der Waals surface area contributed by atoms with E-state index in [4.69, 9.17) is 4.74 Å². The van der Waals surface area contributed by atoms with Crippen LogP contribution in [0, 0.1) is 0 Å². The predicted octanol–water partition coefficient (Wildman–Crippen LogP) is 3.03. The highest BCUT2D eigenvalue weighted by Gasteiger charge is 2.24. The Kier molecular flexibility index (Phi) is 2.44. The van der Waals surface area contributed by atoms with Crippen LogP contribution in [-0.4, -0.2) is 13.2 Å². The lowest BCUT2D eigenvalue weighted by Crippen LogP contribution is -1.99. The molecule has 1 saturated carbocycles. The molecule has 0 heterocycles. The van der Waals surface area contributed by atoms with Crippen LogP contribution in [0.3, 0.4) is 0 Å². The van der Waals surface area contributed by atoms with Gasteiger partial charge in [0.25, 0.3) is 0 Å². The first-order valence-electron chi connectivity index (χ1n) is 4.43.